The molecule has 0 radical (unpaired) electrons. The second-order valence-electron chi connectivity index (χ2n) is 3.84. The lowest BCUT2D eigenvalue weighted by Crippen LogP contribution is -2.09. The van der Waals surface area contributed by atoms with Gasteiger partial charge in [0.2, 0.25) is 5.88 Å². The van der Waals surface area contributed by atoms with Crippen molar-refractivity contribution in [3.05, 3.63) is 45.4 Å². The third-order valence-corrected chi connectivity index (χ3v) is 3.01. The first-order chi connectivity index (χ1) is 8.58. The summed E-state index contributed by atoms with van der Waals surface area (Å²) in [5.41, 5.74) is 0.734. The number of ether oxygens (including phenoxy) is 1. The number of anilines is 1. The highest BCUT2D eigenvalue weighted by Crippen LogP contribution is 2.26. The summed E-state index contributed by atoms with van der Waals surface area (Å²) in [6.45, 7) is 0. The number of halogens is 1. The average Bonchev–Trinajstić information content (AvgIpc) is 2.35. The predicted molar refractivity (Wildman–Crippen MR) is 73.4 cm³/mol. The van der Waals surface area contributed by atoms with Crippen LogP contribution >= 0.6 is 15.9 Å². The van der Waals surface area contributed by atoms with Gasteiger partial charge in [-0.05, 0) is 28.1 Å². The molecule has 0 bridgehead atoms. The molecule has 1 heterocycles. The number of rotatable bonds is 3. The van der Waals surface area contributed by atoms with Crippen molar-refractivity contribution >= 4 is 21.6 Å². The number of benzene rings is 1. The zero-order valence-corrected chi connectivity index (χ0v) is 11.6. The number of nitrogens with one attached hydrogen (secondary N) is 1. The average molecular weight is 310 g/mol. The van der Waals surface area contributed by atoms with Crippen molar-refractivity contribution in [2.45, 2.75) is 0 Å². The molecule has 0 amide bonds. The topological polar surface area (TPSA) is 58.2 Å². The fraction of sp³-hybridized carbons (Fsp3) is 0.167. The molecule has 94 valence electrons. The number of hydrogen-bond acceptors (Lipinski definition) is 4. The van der Waals surface area contributed by atoms with Crippen LogP contribution in [0.2, 0.25) is 0 Å². The Hall–Kier alpha value is -1.82. The van der Waals surface area contributed by atoms with Crippen LogP contribution in [0.1, 0.15) is 0 Å². The molecule has 1 N–H and O–H groups in total. The molecular formula is C12H12BrN3O2. The van der Waals surface area contributed by atoms with Crippen molar-refractivity contribution in [2.24, 2.45) is 0 Å². The van der Waals surface area contributed by atoms with Crippen molar-refractivity contribution < 1.29 is 4.74 Å². The Bertz CT molecular complexity index is 610. The molecule has 0 fully saturated rings. The molecule has 2 rings (SSSR count). The van der Waals surface area contributed by atoms with Gasteiger partial charge in [-0.3, -0.25) is 4.79 Å². The minimum atomic E-state index is -0.274. The summed E-state index contributed by atoms with van der Waals surface area (Å²) in [5.74, 6) is 0.870. The quantitative estimate of drug-likeness (QED) is 0.946. The van der Waals surface area contributed by atoms with Crippen molar-refractivity contribution in [3.8, 4) is 11.6 Å². The summed E-state index contributed by atoms with van der Waals surface area (Å²) in [4.78, 5) is 19.8. The van der Waals surface area contributed by atoms with E-state index in [0.717, 1.165) is 5.69 Å². The molecule has 0 atom stereocenters. The molecule has 6 heteroatoms. The van der Waals surface area contributed by atoms with E-state index in [1.54, 1.807) is 0 Å². The standard InChI is InChI=1S/C12H12BrN3O2/c1-16(2)8-4-3-5-9(6-8)18-12-10(13)11(17)14-7-15-12/h3-7H,1-2H3,(H,14,15,17). The van der Waals surface area contributed by atoms with E-state index >= 15 is 0 Å². The summed E-state index contributed by atoms with van der Waals surface area (Å²) in [5, 5.41) is 0. The molecule has 0 saturated carbocycles. The maximum atomic E-state index is 11.4. The summed E-state index contributed by atoms with van der Waals surface area (Å²) < 4.78 is 5.85. The lowest BCUT2D eigenvalue weighted by atomic mass is 10.3. The number of H-pyrrole nitrogens is 1. The summed E-state index contributed by atoms with van der Waals surface area (Å²) >= 11 is 3.14. The maximum absolute atomic E-state index is 11.4. The first kappa shape index (κ1) is 12.6. The first-order valence-corrected chi connectivity index (χ1v) is 6.05. The van der Waals surface area contributed by atoms with E-state index in [1.807, 2.05) is 43.3 Å². The van der Waals surface area contributed by atoms with E-state index in [4.69, 9.17) is 4.74 Å². The lowest BCUT2D eigenvalue weighted by Gasteiger charge is -2.13. The van der Waals surface area contributed by atoms with Crippen molar-refractivity contribution in [2.75, 3.05) is 19.0 Å². The second kappa shape index (κ2) is 5.22. The van der Waals surface area contributed by atoms with Crippen LogP contribution in [0.3, 0.4) is 0 Å². The van der Waals surface area contributed by atoms with Gasteiger partial charge in [-0.15, -0.1) is 0 Å². The fourth-order valence-corrected chi connectivity index (χ4v) is 1.67. The molecule has 0 saturated heterocycles. The van der Waals surface area contributed by atoms with E-state index in [2.05, 4.69) is 25.9 Å². The van der Waals surface area contributed by atoms with Gasteiger partial charge in [0.1, 0.15) is 10.2 Å². The minimum absolute atomic E-state index is 0.245. The van der Waals surface area contributed by atoms with Crippen LogP contribution in [0.25, 0.3) is 0 Å². The highest BCUT2D eigenvalue weighted by Gasteiger charge is 2.08. The fourth-order valence-electron chi connectivity index (χ4n) is 1.37. The number of aromatic nitrogens is 2. The Morgan fingerprint density at radius 1 is 1.39 bits per heavy atom. The van der Waals surface area contributed by atoms with E-state index < -0.39 is 0 Å². The van der Waals surface area contributed by atoms with Crippen molar-refractivity contribution in [1.82, 2.24) is 9.97 Å². The van der Waals surface area contributed by atoms with Gasteiger partial charge in [-0.25, -0.2) is 4.98 Å². The zero-order chi connectivity index (χ0) is 13.1. The maximum Gasteiger partial charge on any atom is 0.268 e. The second-order valence-corrected chi connectivity index (χ2v) is 4.64. The Balaban J connectivity index is 2.31. The summed E-state index contributed by atoms with van der Waals surface area (Å²) in [6, 6.07) is 7.52. The highest BCUT2D eigenvalue weighted by atomic mass is 79.9. The van der Waals surface area contributed by atoms with Crippen LogP contribution in [0.4, 0.5) is 5.69 Å². The van der Waals surface area contributed by atoms with Crippen LogP contribution in [-0.4, -0.2) is 24.1 Å². The molecule has 18 heavy (non-hydrogen) atoms. The van der Waals surface area contributed by atoms with Gasteiger partial charge in [-0.1, -0.05) is 6.07 Å². The van der Waals surface area contributed by atoms with E-state index in [0.29, 0.717) is 5.75 Å². The monoisotopic (exact) mass is 309 g/mol. The molecule has 0 spiro atoms. The summed E-state index contributed by atoms with van der Waals surface area (Å²) in [6.07, 6.45) is 1.30. The van der Waals surface area contributed by atoms with Crippen LogP contribution in [0.15, 0.2) is 39.9 Å². The van der Waals surface area contributed by atoms with Crippen LogP contribution in [-0.2, 0) is 0 Å². The lowest BCUT2D eigenvalue weighted by molar-refractivity contribution is 0.457. The van der Waals surface area contributed by atoms with Gasteiger partial charge in [0.25, 0.3) is 5.56 Å². The van der Waals surface area contributed by atoms with E-state index in [1.165, 1.54) is 6.33 Å². The van der Waals surface area contributed by atoms with E-state index in [9.17, 15) is 4.79 Å². The molecular weight excluding hydrogens is 298 g/mol. The number of hydrogen-bond donors (Lipinski definition) is 1. The van der Waals surface area contributed by atoms with Gasteiger partial charge in [0.15, 0.2) is 0 Å². The molecule has 0 aliphatic heterocycles. The number of aromatic amines is 1. The van der Waals surface area contributed by atoms with Gasteiger partial charge in [0.05, 0.1) is 6.33 Å². The Morgan fingerprint density at radius 3 is 2.89 bits per heavy atom. The molecule has 0 unspecified atom stereocenters. The van der Waals surface area contributed by atoms with Crippen LogP contribution in [0, 0.1) is 0 Å². The van der Waals surface area contributed by atoms with E-state index in [-0.39, 0.29) is 15.9 Å². The molecule has 5 nitrogen and oxygen atoms in total. The third kappa shape index (κ3) is 2.70. The Labute approximate surface area is 113 Å². The molecule has 2 aromatic rings. The highest BCUT2D eigenvalue weighted by molar-refractivity contribution is 9.10. The summed E-state index contributed by atoms with van der Waals surface area (Å²) in [7, 11) is 3.89. The van der Waals surface area contributed by atoms with Crippen molar-refractivity contribution in [1.29, 1.82) is 0 Å². The van der Waals surface area contributed by atoms with Gasteiger partial charge in [0, 0.05) is 25.8 Å². The van der Waals surface area contributed by atoms with Crippen LogP contribution < -0.4 is 15.2 Å². The van der Waals surface area contributed by atoms with Crippen molar-refractivity contribution in [3.63, 3.8) is 0 Å². The normalized spacial score (nSPS) is 10.2. The Morgan fingerprint density at radius 2 is 2.17 bits per heavy atom. The van der Waals surface area contributed by atoms with Crippen LogP contribution in [0.5, 0.6) is 11.6 Å². The minimum Gasteiger partial charge on any atom is -0.438 e. The SMILES string of the molecule is CN(C)c1cccc(Oc2nc[nH]c(=O)c2Br)c1. The van der Waals surface area contributed by atoms with Gasteiger partial charge < -0.3 is 14.6 Å². The van der Waals surface area contributed by atoms with Gasteiger partial charge in [-0.2, -0.15) is 0 Å². The predicted octanol–water partition coefficient (Wildman–Crippen LogP) is 2.39. The molecule has 1 aromatic carbocycles. The number of nitrogens with zero attached hydrogens (tertiary/aromatic N) is 2. The Kier molecular flexibility index (Phi) is 3.66. The molecule has 1 aromatic heterocycles. The largest absolute Gasteiger partial charge is 0.438 e. The van der Waals surface area contributed by atoms with Gasteiger partial charge >= 0.3 is 0 Å². The smallest absolute Gasteiger partial charge is 0.268 e. The molecule has 0 aliphatic rings. The third-order valence-electron chi connectivity index (χ3n) is 2.31. The molecule has 0 aliphatic carbocycles. The first-order valence-electron chi connectivity index (χ1n) is 5.26. The zero-order valence-electron chi connectivity index (χ0n) is 9.98.